The number of ether oxygens (including phenoxy) is 1. The summed E-state index contributed by atoms with van der Waals surface area (Å²) in [5.74, 6) is 0.691. The van der Waals surface area contributed by atoms with E-state index in [-0.39, 0.29) is 5.91 Å². The van der Waals surface area contributed by atoms with Crippen molar-refractivity contribution in [2.45, 2.75) is 38.9 Å². The maximum Gasteiger partial charge on any atom is 0.253 e. The Labute approximate surface area is 150 Å². The van der Waals surface area contributed by atoms with Gasteiger partial charge in [-0.05, 0) is 50.8 Å². The van der Waals surface area contributed by atoms with Gasteiger partial charge in [0.05, 0.1) is 23.8 Å². The molecule has 2 aliphatic rings. The summed E-state index contributed by atoms with van der Waals surface area (Å²) >= 11 is 0. The van der Waals surface area contributed by atoms with Gasteiger partial charge < -0.3 is 9.64 Å². The fourth-order valence-corrected chi connectivity index (χ4v) is 4.02. The van der Waals surface area contributed by atoms with Crippen molar-refractivity contribution in [1.29, 1.82) is 5.26 Å². The van der Waals surface area contributed by atoms with Crippen LogP contribution in [0.2, 0.25) is 0 Å². The minimum Gasteiger partial charge on any atom is -0.373 e. The number of carbonyl (C=O) groups excluding carboxylic acids is 1. The average molecular weight is 341 g/mol. The summed E-state index contributed by atoms with van der Waals surface area (Å²) in [5, 5.41) is 8.99. The third-order valence-electron chi connectivity index (χ3n) is 5.15. The summed E-state index contributed by atoms with van der Waals surface area (Å²) in [6.45, 7) is 8.99. The molecule has 134 valence electrons. The third kappa shape index (κ3) is 4.59. The van der Waals surface area contributed by atoms with Crippen molar-refractivity contribution in [3.63, 3.8) is 0 Å². The summed E-state index contributed by atoms with van der Waals surface area (Å²) in [4.78, 5) is 17.1. The van der Waals surface area contributed by atoms with E-state index in [0.717, 1.165) is 45.6 Å². The van der Waals surface area contributed by atoms with Crippen molar-refractivity contribution in [3.05, 3.63) is 35.4 Å². The highest BCUT2D eigenvalue weighted by Crippen LogP contribution is 2.22. The molecular weight excluding hydrogens is 314 g/mol. The molecule has 2 saturated heterocycles. The van der Waals surface area contributed by atoms with Crippen LogP contribution in [0, 0.1) is 17.2 Å². The number of piperidine rings is 1. The lowest BCUT2D eigenvalue weighted by Crippen LogP contribution is -2.48. The molecule has 1 aromatic rings. The summed E-state index contributed by atoms with van der Waals surface area (Å²) in [6, 6.07) is 9.09. The number of carbonyl (C=O) groups is 1. The molecule has 0 unspecified atom stereocenters. The van der Waals surface area contributed by atoms with Gasteiger partial charge in [-0.3, -0.25) is 9.69 Å². The number of hydrogen-bond donors (Lipinski definition) is 0. The van der Waals surface area contributed by atoms with Crippen molar-refractivity contribution >= 4 is 5.91 Å². The van der Waals surface area contributed by atoms with Crippen LogP contribution in [0.1, 0.15) is 42.6 Å². The van der Waals surface area contributed by atoms with E-state index < -0.39 is 0 Å². The normalized spacial score (nSPS) is 25.6. The Balaban J connectivity index is 1.51. The first-order valence-corrected chi connectivity index (χ1v) is 9.22. The first-order chi connectivity index (χ1) is 12.0. The molecule has 5 heteroatoms. The minimum atomic E-state index is 0.0455. The number of nitriles is 1. The van der Waals surface area contributed by atoms with Gasteiger partial charge in [0.1, 0.15) is 0 Å². The molecule has 3 rings (SSSR count). The van der Waals surface area contributed by atoms with Gasteiger partial charge in [-0.1, -0.05) is 6.07 Å². The van der Waals surface area contributed by atoms with E-state index in [1.165, 1.54) is 0 Å². The summed E-state index contributed by atoms with van der Waals surface area (Å²) in [6.07, 6.45) is 2.70. The Morgan fingerprint density at radius 2 is 1.92 bits per heavy atom. The van der Waals surface area contributed by atoms with Crippen molar-refractivity contribution in [1.82, 2.24) is 9.80 Å². The zero-order valence-electron chi connectivity index (χ0n) is 15.1. The Hall–Kier alpha value is -1.90. The van der Waals surface area contributed by atoms with Crippen LogP contribution in [0.25, 0.3) is 0 Å². The SMILES string of the molecule is C[C@H]1CN(CC2CCN(C(=O)c3cccc(C#N)c3)CC2)C[C@H](C)O1. The molecule has 0 spiro atoms. The average Bonchev–Trinajstić information content (AvgIpc) is 2.61. The van der Waals surface area contributed by atoms with Gasteiger partial charge in [0.15, 0.2) is 0 Å². The van der Waals surface area contributed by atoms with E-state index in [1.54, 1.807) is 24.3 Å². The van der Waals surface area contributed by atoms with Crippen molar-refractivity contribution in [3.8, 4) is 6.07 Å². The van der Waals surface area contributed by atoms with Gasteiger partial charge in [0.25, 0.3) is 5.91 Å². The highest BCUT2D eigenvalue weighted by Gasteiger charge is 2.28. The second kappa shape index (κ2) is 7.99. The lowest BCUT2D eigenvalue weighted by Gasteiger charge is -2.39. The smallest absolute Gasteiger partial charge is 0.253 e. The fourth-order valence-electron chi connectivity index (χ4n) is 4.02. The first kappa shape index (κ1) is 17.9. The fraction of sp³-hybridized carbons (Fsp3) is 0.600. The maximum absolute atomic E-state index is 12.6. The molecular formula is C20H27N3O2. The van der Waals surface area contributed by atoms with E-state index in [9.17, 15) is 4.79 Å². The standard InChI is InChI=1S/C20H27N3O2/c1-15-12-22(13-16(2)25-15)14-17-6-8-23(9-7-17)20(24)19-5-3-4-18(10-19)11-21/h3-5,10,15-17H,6-9,12-14H2,1-2H3/t15-,16-/m0/s1. The van der Waals surface area contributed by atoms with Gasteiger partial charge in [0, 0.05) is 38.3 Å². The quantitative estimate of drug-likeness (QED) is 0.848. The number of amides is 1. The lowest BCUT2D eigenvalue weighted by atomic mass is 9.95. The molecule has 5 nitrogen and oxygen atoms in total. The first-order valence-electron chi connectivity index (χ1n) is 9.22. The van der Waals surface area contributed by atoms with Crippen LogP contribution < -0.4 is 0 Å². The van der Waals surface area contributed by atoms with Crippen LogP contribution in [0.4, 0.5) is 0 Å². The predicted molar refractivity (Wildman–Crippen MR) is 96.2 cm³/mol. The zero-order valence-corrected chi connectivity index (χ0v) is 15.1. The van der Waals surface area contributed by atoms with Crippen LogP contribution in [0.5, 0.6) is 0 Å². The number of benzene rings is 1. The molecule has 0 radical (unpaired) electrons. The van der Waals surface area contributed by atoms with Gasteiger partial charge in [-0.2, -0.15) is 5.26 Å². The third-order valence-corrected chi connectivity index (χ3v) is 5.15. The van der Waals surface area contributed by atoms with Gasteiger partial charge in [-0.25, -0.2) is 0 Å². The summed E-state index contributed by atoms with van der Waals surface area (Å²) in [7, 11) is 0. The Bertz CT molecular complexity index is 637. The molecule has 2 fully saturated rings. The van der Waals surface area contributed by atoms with Crippen LogP contribution >= 0.6 is 0 Å². The highest BCUT2D eigenvalue weighted by atomic mass is 16.5. The van der Waals surface area contributed by atoms with E-state index in [1.807, 2.05) is 4.90 Å². The molecule has 0 aromatic heterocycles. The molecule has 2 heterocycles. The van der Waals surface area contributed by atoms with Crippen LogP contribution in [-0.4, -0.2) is 60.6 Å². The Morgan fingerprint density at radius 1 is 1.24 bits per heavy atom. The number of morpholine rings is 1. The molecule has 0 aliphatic carbocycles. The number of rotatable bonds is 3. The minimum absolute atomic E-state index is 0.0455. The topological polar surface area (TPSA) is 56.6 Å². The van der Waals surface area contributed by atoms with Crippen molar-refractivity contribution < 1.29 is 9.53 Å². The molecule has 2 aliphatic heterocycles. The predicted octanol–water partition coefficient (Wildman–Crippen LogP) is 2.52. The zero-order chi connectivity index (χ0) is 17.8. The van der Waals surface area contributed by atoms with E-state index in [0.29, 0.717) is 29.3 Å². The number of likely N-dealkylation sites (tertiary alicyclic amines) is 1. The van der Waals surface area contributed by atoms with E-state index in [4.69, 9.17) is 10.00 Å². The maximum atomic E-state index is 12.6. The van der Waals surface area contributed by atoms with Crippen LogP contribution in [0.15, 0.2) is 24.3 Å². The van der Waals surface area contributed by atoms with Crippen LogP contribution in [0.3, 0.4) is 0 Å². The van der Waals surface area contributed by atoms with Gasteiger partial charge in [-0.15, -0.1) is 0 Å². The van der Waals surface area contributed by atoms with Crippen molar-refractivity contribution in [2.24, 2.45) is 5.92 Å². The monoisotopic (exact) mass is 341 g/mol. The Morgan fingerprint density at radius 3 is 2.56 bits per heavy atom. The van der Waals surface area contributed by atoms with E-state index in [2.05, 4.69) is 24.8 Å². The molecule has 0 bridgehead atoms. The van der Waals surface area contributed by atoms with Gasteiger partial charge >= 0.3 is 0 Å². The van der Waals surface area contributed by atoms with Crippen molar-refractivity contribution in [2.75, 3.05) is 32.7 Å². The largest absolute Gasteiger partial charge is 0.373 e. The Kier molecular flexibility index (Phi) is 5.72. The lowest BCUT2D eigenvalue weighted by molar-refractivity contribution is -0.0728. The number of nitrogens with zero attached hydrogens (tertiary/aromatic N) is 3. The molecule has 0 saturated carbocycles. The highest BCUT2D eigenvalue weighted by molar-refractivity contribution is 5.94. The summed E-state index contributed by atoms with van der Waals surface area (Å²) < 4.78 is 5.80. The van der Waals surface area contributed by atoms with Crippen LogP contribution in [-0.2, 0) is 4.74 Å². The van der Waals surface area contributed by atoms with Gasteiger partial charge in [0.2, 0.25) is 0 Å². The second-order valence-electron chi connectivity index (χ2n) is 7.40. The second-order valence-corrected chi connectivity index (χ2v) is 7.40. The molecule has 0 N–H and O–H groups in total. The molecule has 1 aromatic carbocycles. The molecule has 2 atom stereocenters. The number of hydrogen-bond acceptors (Lipinski definition) is 4. The van der Waals surface area contributed by atoms with E-state index >= 15 is 0 Å². The molecule has 25 heavy (non-hydrogen) atoms. The molecule has 1 amide bonds. The summed E-state index contributed by atoms with van der Waals surface area (Å²) in [5.41, 5.74) is 1.16.